The van der Waals surface area contributed by atoms with E-state index in [1.807, 2.05) is 0 Å². The normalized spacial score (nSPS) is 15.8. The fraction of sp³-hybridized carbons (Fsp3) is 0.385. The molecule has 4 N–H and O–H groups in total. The highest BCUT2D eigenvalue weighted by molar-refractivity contribution is 5.99. The highest BCUT2D eigenvalue weighted by Gasteiger charge is 2.30. The molecule has 102 valence electrons. The Morgan fingerprint density at radius 3 is 2.58 bits per heavy atom. The third-order valence-corrected chi connectivity index (χ3v) is 3.09. The first-order valence-electron chi connectivity index (χ1n) is 6.03. The van der Waals surface area contributed by atoms with E-state index < -0.39 is 17.9 Å². The number of amides is 1. The van der Waals surface area contributed by atoms with E-state index in [1.54, 1.807) is 0 Å². The second kappa shape index (κ2) is 5.17. The van der Waals surface area contributed by atoms with E-state index in [0.29, 0.717) is 12.3 Å². The van der Waals surface area contributed by atoms with Crippen LogP contribution in [-0.2, 0) is 4.79 Å². The van der Waals surface area contributed by atoms with Crippen molar-refractivity contribution < 1.29 is 24.9 Å². The fourth-order valence-corrected chi connectivity index (χ4v) is 1.85. The van der Waals surface area contributed by atoms with Gasteiger partial charge in [0.2, 0.25) is 0 Å². The lowest BCUT2D eigenvalue weighted by atomic mass is 10.1. The van der Waals surface area contributed by atoms with Gasteiger partial charge in [-0.25, -0.2) is 4.79 Å². The largest absolute Gasteiger partial charge is 0.508 e. The molecule has 0 heterocycles. The van der Waals surface area contributed by atoms with Crippen LogP contribution in [0, 0.1) is 5.92 Å². The van der Waals surface area contributed by atoms with Crippen molar-refractivity contribution in [1.82, 2.24) is 5.32 Å². The van der Waals surface area contributed by atoms with Gasteiger partial charge in [0.15, 0.2) is 0 Å². The molecule has 1 saturated carbocycles. The van der Waals surface area contributed by atoms with E-state index >= 15 is 0 Å². The van der Waals surface area contributed by atoms with Crippen LogP contribution in [0.1, 0.15) is 29.6 Å². The lowest BCUT2D eigenvalue weighted by Gasteiger charge is -2.14. The standard InChI is InChI=1S/C13H15NO5/c15-8-3-4-11(16)9(6-8)12(17)14-10(13(18)19)5-7-1-2-7/h3-4,6-7,10,15-16H,1-2,5H2,(H,14,17)(H,18,19)/t10-/m0/s1. The first-order valence-corrected chi connectivity index (χ1v) is 6.03. The van der Waals surface area contributed by atoms with Gasteiger partial charge in [-0.05, 0) is 30.5 Å². The van der Waals surface area contributed by atoms with Crippen molar-refractivity contribution >= 4 is 11.9 Å². The molecule has 1 aromatic rings. The molecule has 0 radical (unpaired) electrons. The summed E-state index contributed by atoms with van der Waals surface area (Å²) in [6.45, 7) is 0. The molecular weight excluding hydrogens is 250 g/mol. The van der Waals surface area contributed by atoms with Crippen LogP contribution >= 0.6 is 0 Å². The van der Waals surface area contributed by atoms with Crippen LogP contribution in [-0.4, -0.2) is 33.2 Å². The molecule has 0 unspecified atom stereocenters. The summed E-state index contributed by atoms with van der Waals surface area (Å²) in [5, 5.41) is 30.2. The van der Waals surface area contributed by atoms with Crippen molar-refractivity contribution in [3.63, 3.8) is 0 Å². The highest BCUT2D eigenvalue weighted by atomic mass is 16.4. The lowest BCUT2D eigenvalue weighted by Crippen LogP contribution is -2.41. The number of aliphatic carboxylic acids is 1. The smallest absolute Gasteiger partial charge is 0.326 e. The summed E-state index contributed by atoms with van der Waals surface area (Å²) >= 11 is 0. The minimum atomic E-state index is -1.10. The van der Waals surface area contributed by atoms with Crippen molar-refractivity contribution in [3.05, 3.63) is 23.8 Å². The van der Waals surface area contributed by atoms with Crippen LogP contribution < -0.4 is 5.32 Å². The van der Waals surface area contributed by atoms with Crippen LogP contribution in [0.15, 0.2) is 18.2 Å². The Labute approximate surface area is 109 Å². The molecule has 1 aliphatic rings. The van der Waals surface area contributed by atoms with E-state index in [-0.39, 0.29) is 17.1 Å². The molecular formula is C13H15NO5. The predicted octanol–water partition coefficient (Wildman–Crippen LogP) is 1.08. The van der Waals surface area contributed by atoms with E-state index in [9.17, 15) is 19.8 Å². The molecule has 1 amide bonds. The molecule has 19 heavy (non-hydrogen) atoms. The molecule has 6 heteroatoms. The first-order chi connectivity index (χ1) is 8.97. The number of carbonyl (C=O) groups is 2. The molecule has 6 nitrogen and oxygen atoms in total. The molecule has 0 aromatic heterocycles. The Balaban J connectivity index is 2.09. The molecule has 1 atom stereocenters. The Hall–Kier alpha value is -2.24. The maximum atomic E-state index is 11.9. The first kappa shape index (κ1) is 13.2. The van der Waals surface area contributed by atoms with E-state index in [4.69, 9.17) is 5.11 Å². The second-order valence-corrected chi connectivity index (χ2v) is 4.74. The summed E-state index contributed by atoms with van der Waals surface area (Å²) in [6, 6.07) is 2.55. The number of phenols is 2. The molecule has 0 spiro atoms. The molecule has 2 rings (SSSR count). The molecule has 1 aliphatic carbocycles. The summed E-state index contributed by atoms with van der Waals surface area (Å²) < 4.78 is 0. The van der Waals surface area contributed by atoms with E-state index in [1.165, 1.54) is 12.1 Å². The van der Waals surface area contributed by atoms with Crippen molar-refractivity contribution in [2.24, 2.45) is 5.92 Å². The molecule has 0 aliphatic heterocycles. The van der Waals surface area contributed by atoms with Crippen LogP contribution in [0.3, 0.4) is 0 Å². The van der Waals surface area contributed by atoms with Gasteiger partial charge in [0, 0.05) is 0 Å². The van der Waals surface area contributed by atoms with Crippen molar-refractivity contribution in [2.45, 2.75) is 25.3 Å². The van der Waals surface area contributed by atoms with E-state index in [0.717, 1.165) is 18.9 Å². The van der Waals surface area contributed by atoms with Gasteiger partial charge in [0.1, 0.15) is 17.5 Å². The molecule has 1 fully saturated rings. The minimum absolute atomic E-state index is 0.137. The monoisotopic (exact) mass is 265 g/mol. The number of hydrogen-bond donors (Lipinski definition) is 4. The highest BCUT2D eigenvalue weighted by Crippen LogP contribution is 2.33. The number of rotatable bonds is 5. The zero-order chi connectivity index (χ0) is 14.0. The van der Waals surface area contributed by atoms with Gasteiger partial charge in [0.25, 0.3) is 5.91 Å². The SMILES string of the molecule is O=C(N[C@@H](CC1CC1)C(=O)O)c1cc(O)ccc1O. The number of carboxylic acids is 1. The summed E-state index contributed by atoms with van der Waals surface area (Å²) in [6.07, 6.45) is 2.36. The summed E-state index contributed by atoms with van der Waals surface area (Å²) in [5.41, 5.74) is -0.137. The number of benzene rings is 1. The number of nitrogens with one attached hydrogen (secondary N) is 1. The van der Waals surface area contributed by atoms with Gasteiger partial charge in [-0.15, -0.1) is 0 Å². The van der Waals surface area contributed by atoms with Crippen molar-refractivity contribution in [2.75, 3.05) is 0 Å². The fourth-order valence-electron chi connectivity index (χ4n) is 1.85. The number of aromatic hydroxyl groups is 2. The van der Waals surface area contributed by atoms with Gasteiger partial charge in [-0.1, -0.05) is 12.8 Å². The van der Waals surface area contributed by atoms with Gasteiger partial charge >= 0.3 is 5.97 Å². The minimum Gasteiger partial charge on any atom is -0.508 e. The Morgan fingerprint density at radius 1 is 1.32 bits per heavy atom. The number of carboxylic acid groups (broad SMARTS) is 1. The summed E-state index contributed by atoms with van der Waals surface area (Å²) in [4.78, 5) is 22.9. The van der Waals surface area contributed by atoms with Crippen LogP contribution in [0.4, 0.5) is 0 Å². The number of phenolic OH excluding ortho intramolecular Hbond substituents is 2. The third-order valence-electron chi connectivity index (χ3n) is 3.09. The van der Waals surface area contributed by atoms with Crippen molar-refractivity contribution in [1.29, 1.82) is 0 Å². The Morgan fingerprint density at radius 2 is 2.00 bits per heavy atom. The zero-order valence-corrected chi connectivity index (χ0v) is 10.2. The number of carbonyl (C=O) groups excluding carboxylic acids is 1. The molecule has 0 saturated heterocycles. The van der Waals surface area contributed by atoms with Gasteiger partial charge in [-0.3, -0.25) is 4.79 Å². The average Bonchev–Trinajstić information content (AvgIpc) is 3.15. The third kappa shape index (κ3) is 3.37. The second-order valence-electron chi connectivity index (χ2n) is 4.74. The Bertz CT molecular complexity index is 510. The molecule has 0 bridgehead atoms. The maximum absolute atomic E-state index is 11.9. The van der Waals surface area contributed by atoms with E-state index in [2.05, 4.69) is 5.32 Å². The maximum Gasteiger partial charge on any atom is 0.326 e. The van der Waals surface area contributed by atoms with Gasteiger partial charge in [-0.2, -0.15) is 0 Å². The number of hydrogen-bond acceptors (Lipinski definition) is 4. The Kier molecular flexibility index (Phi) is 3.59. The quantitative estimate of drug-likeness (QED) is 0.596. The van der Waals surface area contributed by atoms with Crippen LogP contribution in [0.25, 0.3) is 0 Å². The van der Waals surface area contributed by atoms with Gasteiger partial charge < -0.3 is 20.6 Å². The van der Waals surface area contributed by atoms with Crippen LogP contribution in [0.2, 0.25) is 0 Å². The van der Waals surface area contributed by atoms with Gasteiger partial charge in [0.05, 0.1) is 5.56 Å². The van der Waals surface area contributed by atoms with Crippen LogP contribution in [0.5, 0.6) is 11.5 Å². The summed E-state index contributed by atoms with van der Waals surface area (Å²) in [7, 11) is 0. The van der Waals surface area contributed by atoms with Crippen molar-refractivity contribution in [3.8, 4) is 11.5 Å². The lowest BCUT2D eigenvalue weighted by molar-refractivity contribution is -0.139. The zero-order valence-electron chi connectivity index (χ0n) is 10.2. The summed E-state index contributed by atoms with van der Waals surface area (Å²) in [5.74, 6) is -1.93. The predicted molar refractivity (Wildman–Crippen MR) is 66.0 cm³/mol. The molecule has 1 aromatic carbocycles. The topological polar surface area (TPSA) is 107 Å². The average molecular weight is 265 g/mol.